The second kappa shape index (κ2) is 10.0. The maximum atomic E-state index is 12.8. The molecule has 0 atom stereocenters. The molecular weight excluding hydrogens is 360 g/mol. The molecule has 0 aromatic heterocycles. The minimum Gasteiger partial charge on any atom is -0.355 e. The zero-order chi connectivity index (χ0) is 19.7. The van der Waals surface area contributed by atoms with Crippen molar-refractivity contribution >= 4 is 22.0 Å². The lowest BCUT2D eigenvalue weighted by Crippen LogP contribution is -2.40. The molecule has 1 N–H and O–H groups in total. The van der Waals surface area contributed by atoms with E-state index in [1.54, 1.807) is 6.08 Å². The van der Waals surface area contributed by atoms with Gasteiger partial charge in [-0.25, -0.2) is 8.42 Å². The Morgan fingerprint density at radius 3 is 2.22 bits per heavy atom. The van der Waals surface area contributed by atoms with Gasteiger partial charge in [0.25, 0.3) is 0 Å². The predicted molar refractivity (Wildman–Crippen MR) is 109 cm³/mol. The molecule has 0 spiro atoms. The third-order valence-corrected chi connectivity index (χ3v) is 5.28. The van der Waals surface area contributed by atoms with Crippen molar-refractivity contribution in [1.29, 1.82) is 0 Å². The number of carbonyl (C=O) groups excluding carboxylic acids is 1. The van der Waals surface area contributed by atoms with Gasteiger partial charge in [-0.05, 0) is 23.1 Å². The van der Waals surface area contributed by atoms with E-state index in [0.29, 0.717) is 12.5 Å². The topological polar surface area (TPSA) is 66.5 Å². The van der Waals surface area contributed by atoms with Gasteiger partial charge in [0.15, 0.2) is 0 Å². The monoisotopic (exact) mass is 386 g/mol. The van der Waals surface area contributed by atoms with E-state index in [2.05, 4.69) is 5.32 Å². The highest BCUT2D eigenvalue weighted by Gasteiger charge is 2.22. The van der Waals surface area contributed by atoms with Crippen LogP contribution in [0.3, 0.4) is 0 Å². The second-order valence-corrected chi connectivity index (χ2v) is 8.53. The molecule has 0 saturated carbocycles. The van der Waals surface area contributed by atoms with Crippen molar-refractivity contribution in [2.24, 2.45) is 5.92 Å². The van der Waals surface area contributed by atoms with E-state index >= 15 is 0 Å². The average Bonchev–Trinajstić information content (AvgIpc) is 2.66. The van der Waals surface area contributed by atoms with Gasteiger partial charge in [0.05, 0.1) is 6.54 Å². The summed E-state index contributed by atoms with van der Waals surface area (Å²) in [7, 11) is -3.76. The van der Waals surface area contributed by atoms with Gasteiger partial charge in [-0.15, -0.1) is 0 Å². The fourth-order valence-electron chi connectivity index (χ4n) is 2.37. The molecule has 0 aliphatic rings. The number of sulfonamides is 1. The summed E-state index contributed by atoms with van der Waals surface area (Å²) >= 11 is 0. The SMILES string of the molecule is CC(C)CNC(=O)CN(Cc1ccccc1)S(=O)(=O)/C=C/c1ccccc1. The Labute approximate surface area is 161 Å². The van der Waals surface area contributed by atoms with Gasteiger partial charge < -0.3 is 5.32 Å². The summed E-state index contributed by atoms with van der Waals surface area (Å²) in [6.45, 7) is 4.40. The van der Waals surface area contributed by atoms with Crippen LogP contribution in [0.5, 0.6) is 0 Å². The Morgan fingerprint density at radius 1 is 1.04 bits per heavy atom. The molecule has 5 nitrogen and oxygen atoms in total. The molecule has 27 heavy (non-hydrogen) atoms. The van der Waals surface area contributed by atoms with Crippen LogP contribution in [0.2, 0.25) is 0 Å². The number of rotatable bonds is 9. The Bertz CT molecular complexity index is 848. The number of nitrogens with zero attached hydrogens (tertiary/aromatic N) is 1. The van der Waals surface area contributed by atoms with E-state index in [0.717, 1.165) is 16.5 Å². The number of amides is 1. The maximum absolute atomic E-state index is 12.8. The van der Waals surface area contributed by atoms with Crippen LogP contribution in [-0.2, 0) is 21.4 Å². The standard InChI is InChI=1S/C21H26N2O3S/c1-18(2)15-22-21(24)17-23(16-20-11-7-4-8-12-20)27(25,26)14-13-19-9-5-3-6-10-19/h3-14,18H,15-17H2,1-2H3,(H,22,24)/b14-13+. The van der Waals surface area contributed by atoms with Gasteiger partial charge in [-0.2, -0.15) is 4.31 Å². The minimum atomic E-state index is -3.76. The van der Waals surface area contributed by atoms with Crippen molar-refractivity contribution in [2.75, 3.05) is 13.1 Å². The number of hydrogen-bond acceptors (Lipinski definition) is 3. The molecule has 0 aliphatic heterocycles. The van der Waals surface area contributed by atoms with Crippen LogP contribution in [0.25, 0.3) is 6.08 Å². The predicted octanol–water partition coefficient (Wildman–Crippen LogP) is 3.26. The van der Waals surface area contributed by atoms with Gasteiger partial charge in [0.1, 0.15) is 0 Å². The zero-order valence-electron chi connectivity index (χ0n) is 15.7. The first kappa shape index (κ1) is 20.9. The van der Waals surface area contributed by atoms with Crippen molar-refractivity contribution in [2.45, 2.75) is 20.4 Å². The largest absolute Gasteiger partial charge is 0.355 e. The molecule has 0 bridgehead atoms. The second-order valence-electron chi connectivity index (χ2n) is 6.71. The summed E-state index contributed by atoms with van der Waals surface area (Å²) in [5.41, 5.74) is 1.61. The molecule has 2 rings (SSSR count). The smallest absolute Gasteiger partial charge is 0.237 e. The van der Waals surface area contributed by atoms with Gasteiger partial charge >= 0.3 is 0 Å². The van der Waals surface area contributed by atoms with Crippen LogP contribution in [0, 0.1) is 5.92 Å². The third kappa shape index (κ3) is 7.37. The molecule has 0 radical (unpaired) electrons. The van der Waals surface area contributed by atoms with Crippen molar-refractivity contribution in [3.8, 4) is 0 Å². The lowest BCUT2D eigenvalue weighted by molar-refractivity contribution is -0.121. The zero-order valence-corrected chi connectivity index (χ0v) is 16.5. The van der Waals surface area contributed by atoms with E-state index < -0.39 is 10.0 Å². The highest BCUT2D eigenvalue weighted by atomic mass is 32.2. The molecule has 0 heterocycles. The van der Waals surface area contributed by atoms with Crippen LogP contribution < -0.4 is 5.32 Å². The number of hydrogen-bond donors (Lipinski definition) is 1. The molecule has 0 unspecified atom stereocenters. The fraction of sp³-hybridized carbons (Fsp3) is 0.286. The summed E-state index contributed by atoms with van der Waals surface area (Å²) in [5, 5.41) is 3.93. The summed E-state index contributed by atoms with van der Waals surface area (Å²) < 4.78 is 26.9. The van der Waals surface area contributed by atoms with E-state index in [-0.39, 0.29) is 19.0 Å². The molecule has 2 aromatic carbocycles. The highest BCUT2D eigenvalue weighted by Crippen LogP contribution is 2.13. The van der Waals surface area contributed by atoms with Crippen LogP contribution in [-0.4, -0.2) is 31.7 Å². The lowest BCUT2D eigenvalue weighted by Gasteiger charge is -2.20. The summed E-state index contributed by atoms with van der Waals surface area (Å²) in [6.07, 6.45) is 1.54. The number of benzene rings is 2. The van der Waals surface area contributed by atoms with Gasteiger partial charge in [0.2, 0.25) is 15.9 Å². The Morgan fingerprint density at radius 2 is 1.63 bits per heavy atom. The maximum Gasteiger partial charge on any atom is 0.237 e. The van der Waals surface area contributed by atoms with Crippen LogP contribution in [0.15, 0.2) is 66.1 Å². The Balaban J connectivity index is 2.18. The normalized spacial score (nSPS) is 12.0. The van der Waals surface area contributed by atoms with Crippen LogP contribution >= 0.6 is 0 Å². The quantitative estimate of drug-likeness (QED) is 0.719. The number of carbonyl (C=O) groups is 1. The minimum absolute atomic E-state index is 0.136. The van der Waals surface area contributed by atoms with E-state index in [4.69, 9.17) is 0 Å². The fourth-order valence-corrected chi connectivity index (χ4v) is 3.50. The first-order chi connectivity index (χ1) is 12.9. The van der Waals surface area contributed by atoms with E-state index in [1.807, 2.05) is 74.5 Å². The molecule has 6 heteroatoms. The number of nitrogens with one attached hydrogen (secondary N) is 1. The molecule has 0 fully saturated rings. The molecule has 0 aliphatic carbocycles. The highest BCUT2D eigenvalue weighted by molar-refractivity contribution is 7.92. The van der Waals surface area contributed by atoms with Crippen molar-refractivity contribution < 1.29 is 13.2 Å². The summed E-state index contributed by atoms with van der Waals surface area (Å²) in [4.78, 5) is 12.2. The van der Waals surface area contributed by atoms with E-state index in [9.17, 15) is 13.2 Å². The Hall–Kier alpha value is -2.44. The summed E-state index contributed by atoms with van der Waals surface area (Å²) in [6, 6.07) is 18.4. The molecule has 2 aromatic rings. The first-order valence-corrected chi connectivity index (χ1v) is 10.4. The average molecular weight is 387 g/mol. The van der Waals surface area contributed by atoms with Crippen LogP contribution in [0.1, 0.15) is 25.0 Å². The van der Waals surface area contributed by atoms with Crippen molar-refractivity contribution in [1.82, 2.24) is 9.62 Å². The van der Waals surface area contributed by atoms with Gasteiger partial charge in [-0.3, -0.25) is 4.79 Å². The van der Waals surface area contributed by atoms with Gasteiger partial charge in [0, 0.05) is 18.5 Å². The Kier molecular flexibility index (Phi) is 7.76. The van der Waals surface area contributed by atoms with Gasteiger partial charge in [-0.1, -0.05) is 74.5 Å². The molecule has 144 valence electrons. The molecule has 1 amide bonds. The summed E-state index contributed by atoms with van der Waals surface area (Å²) in [5.74, 6) is -0.0116. The van der Waals surface area contributed by atoms with E-state index in [1.165, 1.54) is 4.31 Å². The molecule has 0 saturated heterocycles. The van der Waals surface area contributed by atoms with Crippen molar-refractivity contribution in [3.05, 3.63) is 77.2 Å². The van der Waals surface area contributed by atoms with Crippen LogP contribution in [0.4, 0.5) is 0 Å². The third-order valence-electron chi connectivity index (χ3n) is 3.82. The first-order valence-electron chi connectivity index (χ1n) is 8.91. The lowest BCUT2D eigenvalue weighted by atomic mass is 10.2. The molecular formula is C21H26N2O3S. The van der Waals surface area contributed by atoms with Crippen molar-refractivity contribution in [3.63, 3.8) is 0 Å².